The summed E-state index contributed by atoms with van der Waals surface area (Å²) in [7, 11) is 1.68. The first-order chi connectivity index (χ1) is 9.60. The fraction of sp³-hybridized carbons (Fsp3) is 0.625. The van der Waals surface area contributed by atoms with Gasteiger partial charge in [0.05, 0.1) is 18.8 Å². The SMILES string of the molecule is CCCOc1ccc(C(C)(O)CCNCCOC)cc1. The zero-order chi connectivity index (χ0) is 14.8. The predicted octanol–water partition coefficient (Wildman–Crippen LogP) is 2.31. The van der Waals surface area contributed by atoms with E-state index in [2.05, 4.69) is 12.2 Å². The first kappa shape index (κ1) is 17.0. The fourth-order valence-electron chi connectivity index (χ4n) is 1.91. The third-order valence-electron chi connectivity index (χ3n) is 3.22. The number of benzene rings is 1. The molecule has 0 bridgehead atoms. The van der Waals surface area contributed by atoms with Crippen LogP contribution in [0.3, 0.4) is 0 Å². The molecule has 0 aliphatic rings. The van der Waals surface area contributed by atoms with Gasteiger partial charge < -0.3 is 19.9 Å². The number of aliphatic hydroxyl groups is 1. The normalized spacial score (nSPS) is 14.0. The lowest BCUT2D eigenvalue weighted by Crippen LogP contribution is -2.29. The molecule has 0 amide bonds. The number of nitrogens with one attached hydrogen (secondary N) is 1. The highest BCUT2D eigenvalue weighted by Gasteiger charge is 2.22. The van der Waals surface area contributed by atoms with Crippen molar-refractivity contribution >= 4 is 0 Å². The van der Waals surface area contributed by atoms with E-state index in [-0.39, 0.29) is 0 Å². The molecule has 1 unspecified atom stereocenters. The molecule has 0 aliphatic heterocycles. The number of rotatable bonds is 10. The molecule has 0 saturated carbocycles. The van der Waals surface area contributed by atoms with Gasteiger partial charge in [-0.2, -0.15) is 0 Å². The van der Waals surface area contributed by atoms with E-state index < -0.39 is 5.60 Å². The lowest BCUT2D eigenvalue weighted by Gasteiger charge is -2.24. The zero-order valence-electron chi connectivity index (χ0n) is 12.8. The highest BCUT2D eigenvalue weighted by atomic mass is 16.5. The molecule has 0 aliphatic carbocycles. The topological polar surface area (TPSA) is 50.7 Å². The van der Waals surface area contributed by atoms with Crippen LogP contribution < -0.4 is 10.1 Å². The van der Waals surface area contributed by atoms with Crippen LogP contribution in [0.2, 0.25) is 0 Å². The molecule has 0 radical (unpaired) electrons. The van der Waals surface area contributed by atoms with Crippen molar-refractivity contribution in [1.82, 2.24) is 5.32 Å². The lowest BCUT2D eigenvalue weighted by molar-refractivity contribution is 0.0474. The molecule has 0 fully saturated rings. The molecule has 114 valence electrons. The van der Waals surface area contributed by atoms with Gasteiger partial charge in [-0.25, -0.2) is 0 Å². The highest BCUT2D eigenvalue weighted by molar-refractivity contribution is 5.30. The van der Waals surface area contributed by atoms with Gasteiger partial charge in [-0.05, 0) is 44.0 Å². The van der Waals surface area contributed by atoms with Crippen LogP contribution in [0.5, 0.6) is 5.75 Å². The first-order valence-corrected chi connectivity index (χ1v) is 7.25. The van der Waals surface area contributed by atoms with Crippen molar-refractivity contribution in [3.8, 4) is 5.75 Å². The van der Waals surface area contributed by atoms with E-state index in [1.807, 2.05) is 31.2 Å². The van der Waals surface area contributed by atoms with E-state index in [0.717, 1.165) is 37.4 Å². The summed E-state index contributed by atoms with van der Waals surface area (Å²) in [6, 6.07) is 7.69. The quantitative estimate of drug-likeness (QED) is 0.646. The Morgan fingerprint density at radius 2 is 1.85 bits per heavy atom. The second-order valence-corrected chi connectivity index (χ2v) is 5.14. The van der Waals surface area contributed by atoms with E-state index in [1.165, 1.54) is 0 Å². The molecule has 0 spiro atoms. The van der Waals surface area contributed by atoms with Gasteiger partial charge in [0.25, 0.3) is 0 Å². The van der Waals surface area contributed by atoms with Gasteiger partial charge in [-0.1, -0.05) is 19.1 Å². The lowest BCUT2D eigenvalue weighted by atomic mass is 9.92. The second-order valence-electron chi connectivity index (χ2n) is 5.14. The maximum absolute atomic E-state index is 10.5. The average molecular weight is 281 g/mol. The molecule has 0 heterocycles. The number of hydrogen-bond acceptors (Lipinski definition) is 4. The van der Waals surface area contributed by atoms with Gasteiger partial charge in [-0.15, -0.1) is 0 Å². The van der Waals surface area contributed by atoms with Crippen LogP contribution in [0.15, 0.2) is 24.3 Å². The molecule has 1 aromatic carbocycles. The molecule has 1 aromatic rings. The van der Waals surface area contributed by atoms with E-state index in [4.69, 9.17) is 9.47 Å². The van der Waals surface area contributed by atoms with E-state index in [0.29, 0.717) is 13.0 Å². The minimum atomic E-state index is -0.830. The summed E-state index contributed by atoms with van der Waals surface area (Å²) in [4.78, 5) is 0. The number of ether oxygens (including phenoxy) is 2. The second kappa shape index (κ2) is 8.95. The molecule has 0 saturated heterocycles. The van der Waals surface area contributed by atoms with Crippen LogP contribution in [-0.2, 0) is 10.3 Å². The van der Waals surface area contributed by atoms with Gasteiger partial charge in [0.15, 0.2) is 0 Å². The Bertz CT molecular complexity index is 362. The molecule has 0 aromatic heterocycles. The summed E-state index contributed by atoms with van der Waals surface area (Å²) in [6.45, 7) is 6.88. The Kier molecular flexibility index (Phi) is 7.59. The third-order valence-corrected chi connectivity index (χ3v) is 3.22. The van der Waals surface area contributed by atoms with Crippen LogP contribution in [-0.4, -0.2) is 38.5 Å². The van der Waals surface area contributed by atoms with Crippen molar-refractivity contribution < 1.29 is 14.6 Å². The zero-order valence-corrected chi connectivity index (χ0v) is 12.8. The van der Waals surface area contributed by atoms with Gasteiger partial charge in [0.1, 0.15) is 5.75 Å². The minimum absolute atomic E-state index is 0.659. The fourth-order valence-corrected chi connectivity index (χ4v) is 1.91. The Morgan fingerprint density at radius 1 is 1.15 bits per heavy atom. The molecular formula is C16H27NO3. The predicted molar refractivity (Wildman–Crippen MR) is 81.2 cm³/mol. The van der Waals surface area contributed by atoms with Gasteiger partial charge in [0.2, 0.25) is 0 Å². The van der Waals surface area contributed by atoms with Crippen LogP contribution >= 0.6 is 0 Å². The largest absolute Gasteiger partial charge is 0.494 e. The van der Waals surface area contributed by atoms with Crippen LogP contribution in [0, 0.1) is 0 Å². The number of hydrogen-bond donors (Lipinski definition) is 2. The van der Waals surface area contributed by atoms with Crippen molar-refractivity contribution in [2.45, 2.75) is 32.3 Å². The molecule has 1 atom stereocenters. The summed E-state index contributed by atoms with van der Waals surface area (Å²) in [6.07, 6.45) is 1.65. The molecular weight excluding hydrogens is 254 g/mol. The Hall–Kier alpha value is -1.10. The van der Waals surface area contributed by atoms with Crippen LogP contribution in [0.25, 0.3) is 0 Å². The van der Waals surface area contributed by atoms with Crippen molar-refractivity contribution in [3.05, 3.63) is 29.8 Å². The number of methoxy groups -OCH3 is 1. The standard InChI is InChI=1S/C16H27NO3/c1-4-12-20-15-7-5-14(6-8-15)16(2,18)9-10-17-11-13-19-3/h5-8,17-18H,4,9-13H2,1-3H3. The summed E-state index contributed by atoms with van der Waals surface area (Å²) in [5.41, 5.74) is 0.0819. The summed E-state index contributed by atoms with van der Waals surface area (Å²) in [5.74, 6) is 0.851. The Morgan fingerprint density at radius 3 is 2.45 bits per heavy atom. The minimum Gasteiger partial charge on any atom is -0.494 e. The van der Waals surface area contributed by atoms with Crippen LogP contribution in [0.4, 0.5) is 0 Å². The first-order valence-electron chi connectivity index (χ1n) is 7.25. The highest BCUT2D eigenvalue weighted by Crippen LogP contribution is 2.25. The summed E-state index contributed by atoms with van der Waals surface area (Å²) in [5, 5.41) is 13.7. The molecule has 4 nitrogen and oxygen atoms in total. The van der Waals surface area contributed by atoms with Gasteiger partial charge in [0, 0.05) is 13.7 Å². The average Bonchev–Trinajstić information content (AvgIpc) is 2.45. The molecule has 4 heteroatoms. The Balaban J connectivity index is 2.45. The molecule has 20 heavy (non-hydrogen) atoms. The summed E-state index contributed by atoms with van der Waals surface area (Å²) < 4.78 is 10.5. The maximum atomic E-state index is 10.5. The van der Waals surface area contributed by atoms with Crippen molar-refractivity contribution in [3.63, 3.8) is 0 Å². The van der Waals surface area contributed by atoms with E-state index in [9.17, 15) is 5.11 Å². The van der Waals surface area contributed by atoms with E-state index in [1.54, 1.807) is 7.11 Å². The van der Waals surface area contributed by atoms with Crippen molar-refractivity contribution in [1.29, 1.82) is 0 Å². The van der Waals surface area contributed by atoms with Crippen molar-refractivity contribution in [2.24, 2.45) is 0 Å². The van der Waals surface area contributed by atoms with Gasteiger partial charge >= 0.3 is 0 Å². The third kappa shape index (κ3) is 5.90. The van der Waals surface area contributed by atoms with E-state index >= 15 is 0 Å². The van der Waals surface area contributed by atoms with Crippen LogP contribution in [0.1, 0.15) is 32.3 Å². The maximum Gasteiger partial charge on any atom is 0.119 e. The van der Waals surface area contributed by atoms with Crippen molar-refractivity contribution in [2.75, 3.05) is 33.4 Å². The monoisotopic (exact) mass is 281 g/mol. The van der Waals surface area contributed by atoms with Gasteiger partial charge in [-0.3, -0.25) is 0 Å². The smallest absolute Gasteiger partial charge is 0.119 e. The molecule has 2 N–H and O–H groups in total. The Labute approximate surface area is 122 Å². The summed E-state index contributed by atoms with van der Waals surface area (Å²) >= 11 is 0. The molecule has 1 rings (SSSR count).